The molecule has 0 aromatic heterocycles. The zero-order chi connectivity index (χ0) is 15.8. The minimum atomic E-state index is -3.45. The minimum absolute atomic E-state index is 0.320. The second kappa shape index (κ2) is 4.50. The summed E-state index contributed by atoms with van der Waals surface area (Å²) >= 11 is 0. The van der Waals surface area contributed by atoms with Crippen LogP contribution in [0.5, 0.6) is 0 Å². The van der Waals surface area contributed by atoms with Crippen molar-refractivity contribution in [3.05, 3.63) is 63.6 Å². The highest BCUT2D eigenvalue weighted by Crippen LogP contribution is 2.33. The highest BCUT2D eigenvalue weighted by Gasteiger charge is 2.71. The first-order valence-corrected chi connectivity index (χ1v) is 4.62. The van der Waals surface area contributed by atoms with Crippen molar-refractivity contribution in [1.82, 2.24) is 0 Å². The second-order valence-corrected chi connectivity index (χ2v) is 3.66. The maximum absolute atomic E-state index is 11.0. The molecule has 20 heavy (non-hydrogen) atoms. The third kappa shape index (κ3) is 1.88. The monoisotopic (exact) mass is 290 g/mol. The summed E-state index contributed by atoms with van der Waals surface area (Å²) in [4.78, 5) is 37.6. The summed E-state index contributed by atoms with van der Waals surface area (Å²) in [5.74, 6) is 0. The van der Waals surface area contributed by atoms with Crippen LogP contribution < -0.4 is 11.5 Å². The minimum Gasteiger partial charge on any atom is -0.396 e. The Balaban J connectivity index is 3.81. The maximum Gasteiger partial charge on any atom is 0.440 e. The maximum atomic E-state index is 11.0. The van der Waals surface area contributed by atoms with E-state index in [1.165, 1.54) is 0 Å². The van der Waals surface area contributed by atoms with Gasteiger partial charge in [0.2, 0.25) is 0 Å². The molecule has 0 spiro atoms. The van der Waals surface area contributed by atoms with Gasteiger partial charge in [-0.25, -0.2) is 5.73 Å². The molecular formula is C6H6N6O8. The van der Waals surface area contributed by atoms with E-state index in [1.807, 2.05) is 0 Å². The average molecular weight is 290 g/mol. The number of rotatable bonds is 4. The molecule has 14 heteroatoms. The third-order valence-electron chi connectivity index (χ3n) is 2.55. The van der Waals surface area contributed by atoms with Crippen LogP contribution in [0.25, 0.3) is 0 Å². The summed E-state index contributed by atoms with van der Waals surface area (Å²) in [6.45, 7) is 0. The molecular weight excluding hydrogens is 284 g/mol. The highest BCUT2D eigenvalue weighted by atomic mass is 16.7. The lowest BCUT2D eigenvalue weighted by Gasteiger charge is -2.23. The van der Waals surface area contributed by atoms with E-state index in [1.54, 1.807) is 0 Å². The number of hydrogen-bond donors (Lipinski definition) is 2. The van der Waals surface area contributed by atoms with Crippen LogP contribution in [0.2, 0.25) is 0 Å². The molecule has 0 heterocycles. The lowest BCUT2D eigenvalue weighted by atomic mass is 9.89. The van der Waals surface area contributed by atoms with Crippen molar-refractivity contribution in [2.75, 3.05) is 0 Å². The molecule has 0 saturated carbocycles. The van der Waals surface area contributed by atoms with Crippen LogP contribution in [0, 0.1) is 40.5 Å². The lowest BCUT2D eigenvalue weighted by molar-refractivity contribution is -0.663. The van der Waals surface area contributed by atoms with E-state index < -0.39 is 48.5 Å². The summed E-state index contributed by atoms with van der Waals surface area (Å²) in [6.07, 6.45) is 0.320. The molecule has 2 atom stereocenters. The molecule has 0 saturated heterocycles. The molecule has 1 aliphatic rings. The number of allylic oxidation sites excluding steroid dienone is 1. The van der Waals surface area contributed by atoms with Gasteiger partial charge in [0.15, 0.2) is 0 Å². The number of nitrogens with two attached hydrogens (primary N) is 2. The Bertz CT molecular complexity index is 594. The van der Waals surface area contributed by atoms with Crippen molar-refractivity contribution < 1.29 is 19.7 Å². The standard InChI is InChI=1S/C6H6N6O8/c7-2-1-3(9(13)14)5(11(17)18)6(8,12(19)20)4(2)10(15)16/h1,4H,7-8H2. The summed E-state index contributed by atoms with van der Waals surface area (Å²) < 4.78 is 0. The van der Waals surface area contributed by atoms with Crippen molar-refractivity contribution in [2.45, 2.75) is 11.7 Å². The fourth-order valence-corrected chi connectivity index (χ4v) is 1.74. The van der Waals surface area contributed by atoms with E-state index in [0.29, 0.717) is 6.08 Å². The molecule has 0 bridgehead atoms. The normalized spacial score (nSPS) is 25.9. The molecule has 0 aromatic rings. The van der Waals surface area contributed by atoms with Crippen molar-refractivity contribution in [3.8, 4) is 0 Å². The van der Waals surface area contributed by atoms with Crippen LogP contribution in [-0.4, -0.2) is 31.4 Å². The van der Waals surface area contributed by atoms with E-state index >= 15 is 0 Å². The van der Waals surface area contributed by atoms with Gasteiger partial charge in [0.25, 0.3) is 0 Å². The van der Waals surface area contributed by atoms with Crippen molar-refractivity contribution in [1.29, 1.82) is 0 Å². The molecule has 0 radical (unpaired) electrons. The van der Waals surface area contributed by atoms with Crippen LogP contribution in [0.1, 0.15) is 0 Å². The summed E-state index contributed by atoms with van der Waals surface area (Å²) in [5.41, 5.74) is 2.85. The van der Waals surface area contributed by atoms with Gasteiger partial charge in [-0.15, -0.1) is 0 Å². The van der Waals surface area contributed by atoms with E-state index in [2.05, 4.69) is 0 Å². The Kier molecular flexibility index (Phi) is 3.35. The quantitative estimate of drug-likeness (QED) is 0.334. The summed E-state index contributed by atoms with van der Waals surface area (Å²) in [5, 5.41) is 43.3. The van der Waals surface area contributed by atoms with Crippen LogP contribution in [0.3, 0.4) is 0 Å². The molecule has 0 aromatic carbocycles. The second-order valence-electron chi connectivity index (χ2n) is 3.66. The first kappa shape index (κ1) is 14.9. The topological polar surface area (TPSA) is 225 Å². The third-order valence-corrected chi connectivity index (χ3v) is 2.55. The highest BCUT2D eigenvalue weighted by molar-refractivity contribution is 5.34. The van der Waals surface area contributed by atoms with E-state index in [9.17, 15) is 40.5 Å². The van der Waals surface area contributed by atoms with Crippen LogP contribution in [-0.2, 0) is 0 Å². The first-order valence-electron chi connectivity index (χ1n) is 4.62. The van der Waals surface area contributed by atoms with Gasteiger partial charge in [0.1, 0.15) is 5.70 Å². The Hall–Kier alpha value is -3.16. The van der Waals surface area contributed by atoms with Gasteiger partial charge >= 0.3 is 23.1 Å². The fourth-order valence-electron chi connectivity index (χ4n) is 1.74. The Labute approximate surface area is 107 Å². The fraction of sp³-hybridized carbons (Fsp3) is 0.333. The molecule has 1 aliphatic carbocycles. The molecule has 2 unspecified atom stereocenters. The SMILES string of the molecule is NC1=CC([N+](=O)[O-])=C([N+](=O)[O-])C(N)([N+](=O)[O-])C1[N+](=O)[O-]. The van der Waals surface area contributed by atoms with Gasteiger partial charge in [-0.3, -0.25) is 40.5 Å². The van der Waals surface area contributed by atoms with Crippen LogP contribution >= 0.6 is 0 Å². The first-order chi connectivity index (χ1) is 9.05. The Morgan fingerprint density at radius 3 is 1.85 bits per heavy atom. The predicted octanol–water partition coefficient (Wildman–Crippen LogP) is -1.82. The largest absolute Gasteiger partial charge is 0.440 e. The summed E-state index contributed by atoms with van der Waals surface area (Å²) in [6, 6.07) is -2.50. The van der Waals surface area contributed by atoms with Gasteiger partial charge in [-0.05, 0) is 0 Å². The zero-order valence-corrected chi connectivity index (χ0v) is 9.36. The Morgan fingerprint density at radius 2 is 1.55 bits per heavy atom. The Morgan fingerprint density at radius 1 is 1.05 bits per heavy atom. The van der Waals surface area contributed by atoms with Crippen LogP contribution in [0.4, 0.5) is 0 Å². The number of nitro groups is 4. The van der Waals surface area contributed by atoms with Crippen LogP contribution in [0.15, 0.2) is 23.2 Å². The van der Waals surface area contributed by atoms with Gasteiger partial charge in [0, 0.05) is 11.0 Å². The molecule has 14 nitrogen and oxygen atoms in total. The van der Waals surface area contributed by atoms with Crippen molar-refractivity contribution in [3.63, 3.8) is 0 Å². The molecule has 108 valence electrons. The molecule has 0 amide bonds. The molecule has 0 fully saturated rings. The lowest BCUT2D eigenvalue weighted by Crippen LogP contribution is -2.65. The summed E-state index contributed by atoms with van der Waals surface area (Å²) in [7, 11) is 0. The van der Waals surface area contributed by atoms with Gasteiger partial charge < -0.3 is 5.73 Å². The number of nitrogens with zero attached hydrogens (tertiary/aromatic N) is 4. The van der Waals surface area contributed by atoms with E-state index in [4.69, 9.17) is 11.5 Å². The van der Waals surface area contributed by atoms with Crippen molar-refractivity contribution >= 4 is 0 Å². The zero-order valence-electron chi connectivity index (χ0n) is 9.36. The van der Waals surface area contributed by atoms with E-state index in [0.717, 1.165) is 0 Å². The molecule has 1 rings (SSSR count). The van der Waals surface area contributed by atoms with Gasteiger partial charge in [-0.2, -0.15) is 0 Å². The van der Waals surface area contributed by atoms with E-state index in [-0.39, 0.29) is 0 Å². The smallest absolute Gasteiger partial charge is 0.396 e. The molecule has 0 aliphatic heterocycles. The average Bonchev–Trinajstić information content (AvgIpc) is 2.26. The molecule has 4 N–H and O–H groups in total. The predicted molar refractivity (Wildman–Crippen MR) is 58.0 cm³/mol. The number of hydrogen-bond acceptors (Lipinski definition) is 10. The van der Waals surface area contributed by atoms with Gasteiger partial charge in [-0.1, -0.05) is 0 Å². The van der Waals surface area contributed by atoms with Gasteiger partial charge in [0.05, 0.1) is 14.8 Å². The van der Waals surface area contributed by atoms with Crippen molar-refractivity contribution in [2.24, 2.45) is 11.5 Å².